The summed E-state index contributed by atoms with van der Waals surface area (Å²) in [4.78, 5) is 4.22. The summed E-state index contributed by atoms with van der Waals surface area (Å²) in [6.07, 6.45) is 3.37. The van der Waals surface area contributed by atoms with Gasteiger partial charge in [-0.25, -0.2) is 9.67 Å². The second kappa shape index (κ2) is 3.20. The van der Waals surface area contributed by atoms with Gasteiger partial charge in [-0.3, -0.25) is 0 Å². The molecule has 0 unspecified atom stereocenters. The van der Waals surface area contributed by atoms with Gasteiger partial charge in [0, 0.05) is 6.20 Å². The van der Waals surface area contributed by atoms with E-state index in [0.717, 1.165) is 16.9 Å². The lowest BCUT2D eigenvalue weighted by Gasteiger charge is -1.96. The van der Waals surface area contributed by atoms with E-state index < -0.39 is 0 Å². The van der Waals surface area contributed by atoms with Crippen LogP contribution < -0.4 is 0 Å². The summed E-state index contributed by atoms with van der Waals surface area (Å²) < 4.78 is 6.96. The molecule has 0 bridgehead atoms. The summed E-state index contributed by atoms with van der Waals surface area (Å²) in [5.74, 6) is 0.840. The Labute approximate surface area is 85.3 Å². The van der Waals surface area contributed by atoms with Gasteiger partial charge in [-0.15, -0.1) is 5.10 Å². The Morgan fingerprint density at radius 2 is 2.27 bits per heavy atom. The first-order valence-corrected chi connectivity index (χ1v) is 4.60. The normalized spacial score (nSPS) is 10.9. The molecule has 0 aliphatic rings. The molecular formula is C10H8N4O. The molecule has 3 aromatic heterocycles. The second-order valence-electron chi connectivity index (χ2n) is 3.17. The van der Waals surface area contributed by atoms with E-state index in [-0.39, 0.29) is 0 Å². The lowest BCUT2D eigenvalue weighted by molar-refractivity contribution is 0.479. The molecule has 0 fully saturated rings. The molecule has 0 saturated carbocycles. The molecular weight excluding hydrogens is 192 g/mol. The summed E-state index contributed by atoms with van der Waals surface area (Å²) in [6, 6.07) is 7.47. The largest absolute Gasteiger partial charge is 0.467 e. The number of hydrogen-bond donors (Lipinski definition) is 0. The highest BCUT2D eigenvalue weighted by molar-refractivity contribution is 5.68. The van der Waals surface area contributed by atoms with Crippen LogP contribution in [0.3, 0.4) is 0 Å². The van der Waals surface area contributed by atoms with Crippen LogP contribution in [0.5, 0.6) is 0 Å². The molecule has 5 heteroatoms. The molecule has 3 rings (SSSR count). The van der Waals surface area contributed by atoms with E-state index in [1.54, 1.807) is 17.1 Å². The van der Waals surface area contributed by atoms with E-state index in [4.69, 9.17) is 4.42 Å². The van der Waals surface area contributed by atoms with Crippen LogP contribution >= 0.6 is 0 Å². The third-order valence-corrected chi connectivity index (χ3v) is 2.16. The van der Waals surface area contributed by atoms with Crippen molar-refractivity contribution in [3.63, 3.8) is 0 Å². The molecule has 0 aliphatic heterocycles. The molecule has 0 radical (unpaired) electrons. The average molecular weight is 200 g/mol. The van der Waals surface area contributed by atoms with Crippen LogP contribution in [-0.2, 0) is 6.54 Å². The van der Waals surface area contributed by atoms with E-state index in [1.165, 1.54) is 0 Å². The highest BCUT2D eigenvalue weighted by Crippen LogP contribution is 2.09. The third kappa shape index (κ3) is 1.38. The number of pyridine rings is 1. The van der Waals surface area contributed by atoms with Gasteiger partial charge in [-0.2, -0.15) is 0 Å². The molecule has 0 spiro atoms. The van der Waals surface area contributed by atoms with E-state index in [0.29, 0.717) is 6.54 Å². The van der Waals surface area contributed by atoms with Crippen molar-refractivity contribution in [1.29, 1.82) is 0 Å². The number of fused-ring (bicyclic) bond motifs is 1. The lowest BCUT2D eigenvalue weighted by Crippen LogP contribution is -2.01. The first-order valence-electron chi connectivity index (χ1n) is 4.60. The summed E-state index contributed by atoms with van der Waals surface area (Å²) in [5, 5.41) is 8.02. The molecule has 0 saturated heterocycles. The Kier molecular flexibility index (Phi) is 1.74. The number of rotatable bonds is 2. The van der Waals surface area contributed by atoms with Gasteiger partial charge in [0.25, 0.3) is 0 Å². The second-order valence-corrected chi connectivity index (χ2v) is 3.17. The number of aromatic nitrogens is 4. The Morgan fingerprint density at radius 3 is 3.13 bits per heavy atom. The smallest absolute Gasteiger partial charge is 0.178 e. The van der Waals surface area contributed by atoms with Gasteiger partial charge in [-0.1, -0.05) is 5.21 Å². The number of furan rings is 1. The standard InChI is InChI=1S/C10H8N4O/c1-4-9-10(11-5-1)14(13-12-9)7-8-3-2-6-15-8/h1-6H,7H2. The molecule has 74 valence electrons. The maximum absolute atomic E-state index is 5.24. The van der Waals surface area contributed by atoms with Crippen molar-refractivity contribution in [3.8, 4) is 0 Å². The molecule has 0 N–H and O–H groups in total. The Morgan fingerprint density at radius 1 is 1.27 bits per heavy atom. The fourth-order valence-corrected chi connectivity index (χ4v) is 1.47. The quantitative estimate of drug-likeness (QED) is 0.628. The molecule has 0 aromatic carbocycles. The van der Waals surface area contributed by atoms with Gasteiger partial charge in [-0.05, 0) is 24.3 Å². The van der Waals surface area contributed by atoms with Crippen molar-refractivity contribution in [3.05, 3.63) is 42.5 Å². The summed E-state index contributed by atoms with van der Waals surface area (Å²) in [6.45, 7) is 0.556. The van der Waals surface area contributed by atoms with Gasteiger partial charge in [0.15, 0.2) is 5.65 Å². The minimum absolute atomic E-state index is 0.556. The van der Waals surface area contributed by atoms with E-state index >= 15 is 0 Å². The van der Waals surface area contributed by atoms with Crippen molar-refractivity contribution < 1.29 is 4.42 Å². The predicted molar refractivity (Wildman–Crippen MR) is 53.1 cm³/mol. The van der Waals surface area contributed by atoms with Crippen molar-refractivity contribution in [2.75, 3.05) is 0 Å². The van der Waals surface area contributed by atoms with Crippen LogP contribution in [0, 0.1) is 0 Å². The monoisotopic (exact) mass is 200 g/mol. The fraction of sp³-hybridized carbons (Fsp3) is 0.100. The van der Waals surface area contributed by atoms with E-state index in [2.05, 4.69) is 15.3 Å². The van der Waals surface area contributed by atoms with Crippen molar-refractivity contribution in [2.24, 2.45) is 0 Å². The average Bonchev–Trinajstić information content (AvgIpc) is 2.89. The van der Waals surface area contributed by atoms with Crippen LogP contribution in [-0.4, -0.2) is 20.0 Å². The number of hydrogen-bond acceptors (Lipinski definition) is 4. The van der Waals surface area contributed by atoms with Gasteiger partial charge in [0.2, 0.25) is 0 Å². The first-order chi connectivity index (χ1) is 7.43. The topological polar surface area (TPSA) is 56.7 Å². The highest BCUT2D eigenvalue weighted by atomic mass is 16.3. The summed E-state index contributed by atoms with van der Waals surface area (Å²) in [7, 11) is 0. The number of nitrogens with zero attached hydrogens (tertiary/aromatic N) is 4. The Bertz CT molecular complexity index is 570. The van der Waals surface area contributed by atoms with Crippen LogP contribution in [0.25, 0.3) is 11.2 Å². The van der Waals surface area contributed by atoms with Crippen molar-refractivity contribution in [2.45, 2.75) is 6.54 Å². The summed E-state index contributed by atoms with van der Waals surface area (Å²) >= 11 is 0. The highest BCUT2D eigenvalue weighted by Gasteiger charge is 2.06. The van der Waals surface area contributed by atoms with Gasteiger partial charge < -0.3 is 4.42 Å². The first kappa shape index (κ1) is 8.16. The molecule has 0 atom stereocenters. The lowest BCUT2D eigenvalue weighted by atomic mass is 10.4. The zero-order valence-corrected chi connectivity index (χ0v) is 7.87. The van der Waals surface area contributed by atoms with Gasteiger partial charge in [0.05, 0.1) is 6.26 Å². The molecule has 5 nitrogen and oxygen atoms in total. The third-order valence-electron chi connectivity index (χ3n) is 2.16. The van der Waals surface area contributed by atoms with Crippen LogP contribution in [0.1, 0.15) is 5.76 Å². The summed E-state index contributed by atoms with van der Waals surface area (Å²) in [5.41, 5.74) is 1.57. The van der Waals surface area contributed by atoms with Crippen LogP contribution in [0.2, 0.25) is 0 Å². The predicted octanol–water partition coefficient (Wildman–Crippen LogP) is 1.47. The maximum Gasteiger partial charge on any atom is 0.178 e. The Hall–Kier alpha value is -2.17. The zero-order chi connectivity index (χ0) is 10.1. The van der Waals surface area contributed by atoms with Crippen LogP contribution in [0.4, 0.5) is 0 Å². The minimum Gasteiger partial charge on any atom is -0.467 e. The maximum atomic E-state index is 5.24. The minimum atomic E-state index is 0.556. The molecule has 3 aromatic rings. The Balaban J connectivity index is 2.05. The van der Waals surface area contributed by atoms with E-state index in [9.17, 15) is 0 Å². The molecule has 3 heterocycles. The zero-order valence-electron chi connectivity index (χ0n) is 7.87. The van der Waals surface area contributed by atoms with Crippen LogP contribution in [0.15, 0.2) is 41.1 Å². The fourth-order valence-electron chi connectivity index (χ4n) is 1.47. The molecule has 15 heavy (non-hydrogen) atoms. The van der Waals surface area contributed by atoms with Crippen molar-refractivity contribution >= 4 is 11.2 Å². The SMILES string of the molecule is c1coc(Cn2nnc3cccnc32)c1. The van der Waals surface area contributed by atoms with Crippen molar-refractivity contribution in [1.82, 2.24) is 20.0 Å². The van der Waals surface area contributed by atoms with Gasteiger partial charge in [0.1, 0.15) is 17.8 Å². The van der Waals surface area contributed by atoms with Gasteiger partial charge >= 0.3 is 0 Å². The molecule has 0 amide bonds. The molecule has 0 aliphatic carbocycles. The van der Waals surface area contributed by atoms with E-state index in [1.807, 2.05) is 24.3 Å².